The number of amides is 1. The van der Waals surface area contributed by atoms with Gasteiger partial charge in [0, 0.05) is 25.4 Å². The normalized spacial score (nSPS) is 10.2. The largest absolute Gasteiger partial charge is 0.336 e. The smallest absolute Gasteiger partial charge is 0.253 e. The van der Waals surface area contributed by atoms with Gasteiger partial charge in [0.05, 0.1) is 28.3 Å². The lowest BCUT2D eigenvalue weighted by atomic mass is 10.1. The molecule has 0 atom stereocenters. The van der Waals surface area contributed by atoms with E-state index in [2.05, 4.69) is 21.0 Å². The van der Waals surface area contributed by atoms with Crippen LogP contribution in [0.25, 0.3) is 0 Å². The molecule has 108 valence electrons. The first-order valence-corrected chi connectivity index (χ1v) is 7.32. The first-order valence-electron chi connectivity index (χ1n) is 6.52. The van der Waals surface area contributed by atoms with E-state index in [-0.39, 0.29) is 5.91 Å². The van der Waals surface area contributed by atoms with Crippen LogP contribution < -0.4 is 0 Å². The molecule has 2 rings (SSSR count). The minimum absolute atomic E-state index is 0.134. The van der Waals surface area contributed by atoms with E-state index in [1.54, 1.807) is 36.2 Å². The number of rotatable bonds is 4. The summed E-state index contributed by atoms with van der Waals surface area (Å²) in [5, 5.41) is 13.3. The monoisotopic (exact) mass is 346 g/mol. The quantitative estimate of drug-likeness (QED) is 0.854. The number of aryl methyl sites for hydroxylation is 1. The number of hydrogen-bond acceptors (Lipinski definition) is 3. The summed E-state index contributed by atoms with van der Waals surface area (Å²) in [7, 11) is 1.72. The number of halogens is 1. The summed E-state index contributed by atoms with van der Waals surface area (Å²) in [5.74, 6) is -0.134. The van der Waals surface area contributed by atoms with Gasteiger partial charge in [-0.1, -0.05) is 6.07 Å². The minimum Gasteiger partial charge on any atom is -0.336 e. The van der Waals surface area contributed by atoms with Crippen molar-refractivity contribution in [3.8, 4) is 6.07 Å². The predicted molar refractivity (Wildman–Crippen MR) is 82.6 cm³/mol. The lowest BCUT2D eigenvalue weighted by Gasteiger charge is -2.16. The van der Waals surface area contributed by atoms with Crippen LogP contribution >= 0.6 is 15.9 Å². The van der Waals surface area contributed by atoms with E-state index in [4.69, 9.17) is 5.26 Å². The maximum atomic E-state index is 12.4. The number of benzene rings is 1. The zero-order valence-corrected chi connectivity index (χ0v) is 13.5. The average Bonchev–Trinajstić information content (AvgIpc) is 2.86. The van der Waals surface area contributed by atoms with Gasteiger partial charge in [-0.05, 0) is 41.1 Å². The van der Waals surface area contributed by atoms with Gasteiger partial charge in [0.1, 0.15) is 0 Å². The Morgan fingerprint density at radius 1 is 1.52 bits per heavy atom. The van der Waals surface area contributed by atoms with Crippen molar-refractivity contribution in [1.82, 2.24) is 14.7 Å². The molecule has 1 amide bonds. The van der Waals surface area contributed by atoms with E-state index < -0.39 is 0 Å². The molecule has 1 aromatic heterocycles. The highest BCUT2D eigenvalue weighted by atomic mass is 79.9. The first-order chi connectivity index (χ1) is 10.0. The third-order valence-corrected chi connectivity index (χ3v) is 3.75. The summed E-state index contributed by atoms with van der Waals surface area (Å²) in [5.41, 5.74) is 1.79. The molecule has 0 radical (unpaired) electrons. The molecule has 0 saturated carbocycles. The fourth-order valence-corrected chi connectivity index (χ4v) is 2.39. The number of nitriles is 1. The molecule has 6 heteroatoms. The molecule has 0 aliphatic rings. The second kappa shape index (κ2) is 6.55. The van der Waals surface area contributed by atoms with Gasteiger partial charge in [-0.3, -0.25) is 9.48 Å². The maximum Gasteiger partial charge on any atom is 0.253 e. The molecular formula is C15H15BrN4O. The summed E-state index contributed by atoms with van der Waals surface area (Å²) in [6, 6.07) is 8.73. The summed E-state index contributed by atoms with van der Waals surface area (Å²) in [6.45, 7) is 3.19. The molecule has 0 spiro atoms. The van der Waals surface area contributed by atoms with Crippen LogP contribution in [0.1, 0.15) is 28.5 Å². The van der Waals surface area contributed by atoms with E-state index in [0.717, 1.165) is 16.7 Å². The second-order valence-corrected chi connectivity index (χ2v) is 5.49. The van der Waals surface area contributed by atoms with Crippen molar-refractivity contribution < 1.29 is 4.79 Å². The molecular weight excluding hydrogens is 332 g/mol. The Morgan fingerprint density at radius 3 is 2.90 bits per heavy atom. The topological polar surface area (TPSA) is 61.9 Å². The first kappa shape index (κ1) is 15.3. The fraction of sp³-hybridized carbons (Fsp3) is 0.267. The SMILES string of the molecule is CCn1cc(Br)c(CN(C)C(=O)c2cccc(C#N)c2)n1. The van der Waals surface area contributed by atoms with Crippen LogP contribution in [0.3, 0.4) is 0 Å². The van der Waals surface area contributed by atoms with Gasteiger partial charge in [0.25, 0.3) is 5.91 Å². The number of carbonyl (C=O) groups is 1. The van der Waals surface area contributed by atoms with Crippen molar-refractivity contribution in [1.29, 1.82) is 5.26 Å². The molecule has 1 aromatic carbocycles. The van der Waals surface area contributed by atoms with Gasteiger partial charge in [-0.15, -0.1) is 0 Å². The van der Waals surface area contributed by atoms with Gasteiger partial charge in [-0.2, -0.15) is 10.4 Å². The molecule has 2 aromatic rings. The van der Waals surface area contributed by atoms with Crippen molar-refractivity contribution in [2.24, 2.45) is 0 Å². The Balaban J connectivity index is 2.15. The van der Waals surface area contributed by atoms with E-state index >= 15 is 0 Å². The zero-order chi connectivity index (χ0) is 15.4. The summed E-state index contributed by atoms with van der Waals surface area (Å²) >= 11 is 3.45. The lowest BCUT2D eigenvalue weighted by Crippen LogP contribution is -2.26. The number of hydrogen-bond donors (Lipinski definition) is 0. The van der Waals surface area contributed by atoms with Crippen molar-refractivity contribution in [3.63, 3.8) is 0 Å². The highest BCUT2D eigenvalue weighted by Crippen LogP contribution is 2.17. The standard InChI is InChI=1S/C15H15BrN4O/c1-3-20-9-13(16)14(18-20)10-19(2)15(21)12-6-4-5-11(7-12)8-17/h4-7,9H,3,10H2,1-2H3. The number of aromatic nitrogens is 2. The molecule has 21 heavy (non-hydrogen) atoms. The highest BCUT2D eigenvalue weighted by molar-refractivity contribution is 9.10. The third kappa shape index (κ3) is 3.50. The maximum absolute atomic E-state index is 12.4. The second-order valence-electron chi connectivity index (χ2n) is 4.63. The zero-order valence-electron chi connectivity index (χ0n) is 11.9. The van der Waals surface area contributed by atoms with E-state index in [0.29, 0.717) is 17.7 Å². The van der Waals surface area contributed by atoms with Gasteiger partial charge < -0.3 is 4.90 Å². The van der Waals surface area contributed by atoms with Gasteiger partial charge in [0.2, 0.25) is 0 Å². The Bertz CT molecular complexity index is 702. The lowest BCUT2D eigenvalue weighted by molar-refractivity contribution is 0.0783. The molecule has 0 bridgehead atoms. The van der Waals surface area contributed by atoms with E-state index in [9.17, 15) is 4.79 Å². The van der Waals surface area contributed by atoms with Crippen LogP contribution in [0.4, 0.5) is 0 Å². The number of carbonyl (C=O) groups excluding carboxylic acids is 1. The minimum atomic E-state index is -0.134. The number of nitrogens with zero attached hydrogens (tertiary/aromatic N) is 4. The van der Waals surface area contributed by atoms with Crippen LogP contribution in [-0.4, -0.2) is 27.6 Å². The molecule has 1 heterocycles. The summed E-state index contributed by atoms with van der Waals surface area (Å²) < 4.78 is 2.70. The Kier molecular flexibility index (Phi) is 4.76. The average molecular weight is 347 g/mol. The van der Waals surface area contributed by atoms with E-state index in [1.807, 2.05) is 23.9 Å². The van der Waals surface area contributed by atoms with E-state index in [1.165, 1.54) is 0 Å². The Labute approximate surface area is 131 Å². The molecule has 0 unspecified atom stereocenters. The van der Waals surface area contributed by atoms with Crippen LogP contribution in [0.15, 0.2) is 34.9 Å². The molecule has 0 fully saturated rings. The predicted octanol–water partition coefficient (Wildman–Crippen LogP) is 2.81. The third-order valence-electron chi connectivity index (χ3n) is 3.08. The summed E-state index contributed by atoms with van der Waals surface area (Å²) in [4.78, 5) is 14.0. The van der Waals surface area contributed by atoms with Gasteiger partial charge in [0.15, 0.2) is 0 Å². The van der Waals surface area contributed by atoms with Crippen molar-refractivity contribution in [2.45, 2.75) is 20.0 Å². The molecule has 0 aliphatic carbocycles. The molecule has 0 saturated heterocycles. The molecule has 0 N–H and O–H groups in total. The Hall–Kier alpha value is -2.13. The van der Waals surface area contributed by atoms with Gasteiger partial charge in [-0.25, -0.2) is 0 Å². The van der Waals surface area contributed by atoms with Crippen LogP contribution in [-0.2, 0) is 13.1 Å². The van der Waals surface area contributed by atoms with Crippen molar-refractivity contribution in [3.05, 3.63) is 51.8 Å². The summed E-state index contributed by atoms with van der Waals surface area (Å²) in [6.07, 6.45) is 1.89. The molecule has 0 aliphatic heterocycles. The van der Waals surface area contributed by atoms with Crippen molar-refractivity contribution in [2.75, 3.05) is 7.05 Å². The fourth-order valence-electron chi connectivity index (χ4n) is 1.94. The molecule has 5 nitrogen and oxygen atoms in total. The Morgan fingerprint density at radius 2 is 2.29 bits per heavy atom. The van der Waals surface area contributed by atoms with Crippen LogP contribution in [0.5, 0.6) is 0 Å². The highest BCUT2D eigenvalue weighted by Gasteiger charge is 2.15. The van der Waals surface area contributed by atoms with Crippen molar-refractivity contribution >= 4 is 21.8 Å². The van der Waals surface area contributed by atoms with Crippen LogP contribution in [0.2, 0.25) is 0 Å². The van der Waals surface area contributed by atoms with Crippen LogP contribution in [0, 0.1) is 11.3 Å². The van der Waals surface area contributed by atoms with Gasteiger partial charge >= 0.3 is 0 Å².